The lowest BCUT2D eigenvalue weighted by atomic mass is 10.1. The van der Waals surface area contributed by atoms with Crippen LogP contribution in [0.1, 0.15) is 37.1 Å². The van der Waals surface area contributed by atoms with Crippen LogP contribution in [0.3, 0.4) is 0 Å². The first-order chi connectivity index (χ1) is 14.4. The molecule has 3 aromatic rings. The van der Waals surface area contributed by atoms with E-state index in [2.05, 4.69) is 25.0 Å². The van der Waals surface area contributed by atoms with Gasteiger partial charge < -0.3 is 9.42 Å². The predicted molar refractivity (Wildman–Crippen MR) is 115 cm³/mol. The Kier molecular flexibility index (Phi) is 5.72. The van der Waals surface area contributed by atoms with Crippen molar-refractivity contribution in [1.29, 1.82) is 0 Å². The SMILES string of the molecule is Cc1noc(C)c1S(=O)(=O)Nc1ccc(-c2ccc(N3CCCCCC3)nn2)cc1. The van der Waals surface area contributed by atoms with E-state index in [0.29, 0.717) is 11.4 Å². The third-order valence-corrected chi connectivity index (χ3v) is 6.87. The molecule has 1 N–H and O–H groups in total. The average molecular weight is 428 g/mol. The molecule has 1 aromatic carbocycles. The number of sulfonamides is 1. The third-order valence-electron chi connectivity index (χ3n) is 5.25. The minimum absolute atomic E-state index is 0.0709. The molecule has 0 unspecified atom stereocenters. The fourth-order valence-corrected chi connectivity index (χ4v) is 5.11. The van der Waals surface area contributed by atoms with Crippen molar-refractivity contribution in [3.05, 3.63) is 47.9 Å². The summed E-state index contributed by atoms with van der Waals surface area (Å²) in [5.74, 6) is 1.17. The van der Waals surface area contributed by atoms with Gasteiger partial charge in [0.15, 0.2) is 16.5 Å². The zero-order chi connectivity index (χ0) is 21.1. The predicted octanol–water partition coefficient (Wildman–Crippen LogP) is 3.93. The largest absolute Gasteiger partial charge is 0.360 e. The standard InChI is InChI=1S/C21H25N5O3S/c1-15-21(16(2)29-24-15)30(27,28)25-18-9-7-17(8-10-18)19-11-12-20(23-22-19)26-13-5-3-4-6-14-26/h7-12,25H,3-6,13-14H2,1-2H3. The van der Waals surface area contributed by atoms with E-state index >= 15 is 0 Å². The summed E-state index contributed by atoms with van der Waals surface area (Å²) in [4.78, 5) is 2.36. The van der Waals surface area contributed by atoms with Crippen LogP contribution < -0.4 is 9.62 Å². The maximum absolute atomic E-state index is 12.6. The van der Waals surface area contributed by atoms with Gasteiger partial charge in [0.05, 0.1) is 5.69 Å². The van der Waals surface area contributed by atoms with Gasteiger partial charge in [0.1, 0.15) is 5.69 Å². The van der Waals surface area contributed by atoms with Crippen molar-refractivity contribution >= 4 is 21.5 Å². The molecular formula is C21H25N5O3S. The molecule has 1 fully saturated rings. The first-order valence-electron chi connectivity index (χ1n) is 10.1. The Morgan fingerprint density at radius 2 is 1.63 bits per heavy atom. The highest BCUT2D eigenvalue weighted by Gasteiger charge is 2.24. The molecule has 0 aliphatic carbocycles. The van der Waals surface area contributed by atoms with Crippen LogP contribution in [-0.4, -0.2) is 36.9 Å². The van der Waals surface area contributed by atoms with Crippen LogP contribution >= 0.6 is 0 Å². The second kappa shape index (κ2) is 8.43. The topological polar surface area (TPSA) is 101 Å². The lowest BCUT2D eigenvalue weighted by molar-refractivity contribution is 0.390. The second-order valence-electron chi connectivity index (χ2n) is 7.51. The fourth-order valence-electron chi connectivity index (χ4n) is 3.72. The molecule has 0 bridgehead atoms. The van der Waals surface area contributed by atoms with Crippen LogP contribution in [0.25, 0.3) is 11.3 Å². The molecule has 3 heterocycles. The molecule has 0 spiro atoms. The highest BCUT2D eigenvalue weighted by molar-refractivity contribution is 7.92. The van der Waals surface area contributed by atoms with Crippen molar-refractivity contribution < 1.29 is 12.9 Å². The molecule has 0 radical (unpaired) electrons. The Morgan fingerprint density at radius 3 is 2.20 bits per heavy atom. The molecule has 1 aliphatic heterocycles. The number of rotatable bonds is 5. The Bertz CT molecular complexity index is 1080. The van der Waals surface area contributed by atoms with E-state index in [1.807, 2.05) is 24.3 Å². The van der Waals surface area contributed by atoms with Crippen molar-refractivity contribution in [2.24, 2.45) is 0 Å². The summed E-state index contributed by atoms with van der Waals surface area (Å²) in [7, 11) is -3.77. The maximum Gasteiger partial charge on any atom is 0.267 e. The maximum atomic E-state index is 12.6. The lowest BCUT2D eigenvalue weighted by Gasteiger charge is -2.20. The van der Waals surface area contributed by atoms with E-state index in [4.69, 9.17) is 4.52 Å². The number of nitrogens with one attached hydrogen (secondary N) is 1. The molecular weight excluding hydrogens is 402 g/mol. The van der Waals surface area contributed by atoms with Crippen molar-refractivity contribution in [3.8, 4) is 11.3 Å². The number of hydrogen-bond acceptors (Lipinski definition) is 7. The number of nitrogens with zero attached hydrogens (tertiary/aromatic N) is 4. The summed E-state index contributed by atoms with van der Waals surface area (Å²) in [5.41, 5.74) is 2.39. The molecule has 0 saturated carbocycles. The normalized spacial score (nSPS) is 15.1. The van der Waals surface area contributed by atoms with Crippen LogP contribution in [0.4, 0.5) is 11.5 Å². The Morgan fingerprint density at radius 1 is 0.933 bits per heavy atom. The Hall–Kier alpha value is -2.94. The lowest BCUT2D eigenvalue weighted by Crippen LogP contribution is -2.25. The van der Waals surface area contributed by atoms with E-state index in [1.54, 1.807) is 26.0 Å². The quantitative estimate of drug-likeness (QED) is 0.658. The van der Waals surface area contributed by atoms with Gasteiger partial charge in [0.2, 0.25) is 0 Å². The van der Waals surface area contributed by atoms with E-state index in [-0.39, 0.29) is 10.7 Å². The number of anilines is 2. The number of hydrogen-bond donors (Lipinski definition) is 1. The summed E-state index contributed by atoms with van der Waals surface area (Å²) in [6, 6.07) is 11.0. The third kappa shape index (κ3) is 4.30. The summed E-state index contributed by atoms with van der Waals surface area (Å²) in [5, 5.41) is 12.5. The van der Waals surface area contributed by atoms with Crippen LogP contribution in [0, 0.1) is 13.8 Å². The first-order valence-corrected chi connectivity index (χ1v) is 11.6. The molecule has 0 atom stereocenters. The van der Waals surface area contributed by atoms with Crippen LogP contribution in [0.5, 0.6) is 0 Å². The highest BCUT2D eigenvalue weighted by atomic mass is 32.2. The zero-order valence-corrected chi connectivity index (χ0v) is 17.9. The van der Waals surface area contributed by atoms with Gasteiger partial charge in [-0.15, -0.1) is 10.2 Å². The molecule has 2 aromatic heterocycles. The molecule has 9 heteroatoms. The molecule has 8 nitrogen and oxygen atoms in total. The van der Waals surface area contributed by atoms with Gasteiger partial charge in [-0.3, -0.25) is 4.72 Å². The Balaban J connectivity index is 1.48. The van der Waals surface area contributed by atoms with E-state index in [9.17, 15) is 8.42 Å². The minimum Gasteiger partial charge on any atom is -0.360 e. The van der Waals surface area contributed by atoms with Crippen molar-refractivity contribution in [2.45, 2.75) is 44.4 Å². The van der Waals surface area contributed by atoms with Gasteiger partial charge in [0, 0.05) is 24.3 Å². The Labute approximate surface area is 176 Å². The molecule has 158 valence electrons. The summed E-state index contributed by atoms with van der Waals surface area (Å²) in [6.07, 6.45) is 4.92. The van der Waals surface area contributed by atoms with Gasteiger partial charge >= 0.3 is 0 Å². The summed E-state index contributed by atoms with van der Waals surface area (Å²) >= 11 is 0. The van der Waals surface area contributed by atoms with Gasteiger partial charge in [-0.2, -0.15) is 0 Å². The second-order valence-corrected chi connectivity index (χ2v) is 9.13. The number of aryl methyl sites for hydroxylation is 2. The number of aromatic nitrogens is 3. The summed E-state index contributed by atoms with van der Waals surface area (Å²) in [6.45, 7) is 5.22. The smallest absolute Gasteiger partial charge is 0.267 e. The first kappa shape index (κ1) is 20.3. The van der Waals surface area contributed by atoms with Crippen LogP contribution in [-0.2, 0) is 10.0 Å². The zero-order valence-electron chi connectivity index (χ0n) is 17.1. The van der Waals surface area contributed by atoms with Gasteiger partial charge in [0.25, 0.3) is 10.0 Å². The molecule has 1 saturated heterocycles. The van der Waals surface area contributed by atoms with E-state index in [0.717, 1.165) is 30.2 Å². The van der Waals surface area contributed by atoms with Gasteiger partial charge in [-0.05, 0) is 51.0 Å². The monoisotopic (exact) mass is 427 g/mol. The van der Waals surface area contributed by atoms with Crippen molar-refractivity contribution in [1.82, 2.24) is 15.4 Å². The minimum atomic E-state index is -3.77. The van der Waals surface area contributed by atoms with Crippen LogP contribution in [0.15, 0.2) is 45.8 Å². The molecule has 30 heavy (non-hydrogen) atoms. The summed E-state index contributed by atoms with van der Waals surface area (Å²) < 4.78 is 32.8. The number of benzene rings is 1. The van der Waals surface area contributed by atoms with Gasteiger partial charge in [-0.25, -0.2) is 8.42 Å². The van der Waals surface area contributed by atoms with Crippen molar-refractivity contribution in [2.75, 3.05) is 22.7 Å². The van der Waals surface area contributed by atoms with Gasteiger partial charge in [-0.1, -0.05) is 30.1 Å². The highest BCUT2D eigenvalue weighted by Crippen LogP contribution is 2.25. The van der Waals surface area contributed by atoms with E-state index in [1.165, 1.54) is 25.7 Å². The molecule has 0 amide bonds. The fraction of sp³-hybridized carbons (Fsp3) is 0.381. The molecule has 1 aliphatic rings. The van der Waals surface area contributed by atoms with Crippen molar-refractivity contribution in [3.63, 3.8) is 0 Å². The van der Waals surface area contributed by atoms with E-state index < -0.39 is 10.0 Å². The average Bonchev–Trinajstić information content (AvgIpc) is 2.93. The molecule has 4 rings (SSSR count). The van der Waals surface area contributed by atoms with Crippen LogP contribution in [0.2, 0.25) is 0 Å².